The summed E-state index contributed by atoms with van der Waals surface area (Å²) in [7, 11) is 0. The molecule has 7 heteroatoms. The van der Waals surface area contributed by atoms with Gasteiger partial charge in [-0.1, -0.05) is 5.16 Å². The molecule has 1 aliphatic carbocycles. The fourth-order valence-corrected chi connectivity index (χ4v) is 1.86. The van der Waals surface area contributed by atoms with Gasteiger partial charge in [0.15, 0.2) is 0 Å². The lowest BCUT2D eigenvalue weighted by atomic mass is 10.2. The molecule has 0 atom stereocenters. The van der Waals surface area contributed by atoms with Gasteiger partial charge in [-0.05, 0) is 37.1 Å². The van der Waals surface area contributed by atoms with Crippen LogP contribution in [0.2, 0.25) is 0 Å². The predicted molar refractivity (Wildman–Crippen MR) is 82.7 cm³/mol. The maximum atomic E-state index is 12.4. The fourth-order valence-electron chi connectivity index (χ4n) is 1.86. The van der Waals surface area contributed by atoms with Crippen LogP contribution in [0.3, 0.4) is 0 Å². The summed E-state index contributed by atoms with van der Waals surface area (Å²) in [5, 5.41) is 3.98. The summed E-state index contributed by atoms with van der Waals surface area (Å²) in [6, 6.07) is 7.26. The van der Waals surface area contributed by atoms with Gasteiger partial charge >= 0.3 is 0 Å². The first-order chi connectivity index (χ1) is 10.3. The van der Waals surface area contributed by atoms with E-state index in [1.807, 2.05) is 12.1 Å². The second-order valence-corrected chi connectivity index (χ2v) is 5.02. The zero-order valence-electron chi connectivity index (χ0n) is 11.9. The fraction of sp³-hybridized carbons (Fsp3) is 0.333. The summed E-state index contributed by atoms with van der Waals surface area (Å²) in [5.41, 5.74) is 6.63. The van der Waals surface area contributed by atoms with Crippen molar-refractivity contribution in [1.29, 1.82) is 0 Å². The van der Waals surface area contributed by atoms with E-state index in [4.69, 9.17) is 15.0 Å². The number of aromatic nitrogens is 2. The van der Waals surface area contributed by atoms with Crippen LogP contribution in [0.25, 0.3) is 11.4 Å². The topological polar surface area (TPSA) is 74.2 Å². The number of nitrogens with zero attached hydrogens (tertiary/aromatic N) is 2. The van der Waals surface area contributed by atoms with Gasteiger partial charge in [-0.2, -0.15) is 4.98 Å². The number of hydrogen-bond donors (Lipinski definition) is 1. The number of hydrogen-bond acceptors (Lipinski definition) is 5. The monoisotopic (exact) mass is 325 g/mol. The Bertz CT molecular complexity index is 638. The number of benzene rings is 1. The van der Waals surface area contributed by atoms with Gasteiger partial charge in [-0.25, -0.2) is 4.39 Å². The largest absolute Gasteiger partial charge is 0.489 e. The number of rotatable bonds is 6. The molecule has 2 aromatic rings. The lowest BCUT2D eigenvalue weighted by Crippen LogP contribution is -2.10. The molecule has 0 amide bonds. The van der Waals surface area contributed by atoms with E-state index < -0.39 is 0 Å². The van der Waals surface area contributed by atoms with E-state index in [0.717, 1.165) is 18.4 Å². The Labute approximate surface area is 133 Å². The van der Waals surface area contributed by atoms with Crippen molar-refractivity contribution in [1.82, 2.24) is 10.1 Å². The first-order valence-electron chi connectivity index (χ1n) is 6.85. The van der Waals surface area contributed by atoms with Crippen LogP contribution in [-0.4, -0.2) is 23.3 Å². The Morgan fingerprint density at radius 1 is 1.36 bits per heavy atom. The summed E-state index contributed by atoms with van der Waals surface area (Å²) in [5.74, 6) is 2.37. The molecule has 1 aliphatic rings. The van der Waals surface area contributed by atoms with Crippen LogP contribution in [0, 0.1) is 0 Å². The van der Waals surface area contributed by atoms with Crippen molar-refractivity contribution in [2.24, 2.45) is 5.73 Å². The average Bonchev–Trinajstić information content (AvgIpc) is 3.26. The molecule has 5 nitrogen and oxygen atoms in total. The molecule has 1 aromatic carbocycles. The SMILES string of the molecule is Cl.NC/C(=C\F)COc1ccc(-c2noc(C3CC3)n2)cc1. The summed E-state index contributed by atoms with van der Waals surface area (Å²) in [4.78, 5) is 4.38. The van der Waals surface area contributed by atoms with Gasteiger partial charge in [0.1, 0.15) is 12.4 Å². The highest BCUT2D eigenvalue weighted by atomic mass is 35.5. The molecule has 118 valence electrons. The summed E-state index contributed by atoms with van der Waals surface area (Å²) >= 11 is 0. The standard InChI is InChI=1S/C15H16FN3O2.ClH/c16-7-10(8-17)9-20-13-5-3-11(4-6-13)14-18-15(21-19-14)12-1-2-12;/h3-7,12H,1-2,8-9,17H2;1H/b10-7+;. The average molecular weight is 326 g/mol. The van der Waals surface area contributed by atoms with Crippen molar-refractivity contribution < 1.29 is 13.7 Å². The molecular weight excluding hydrogens is 309 g/mol. The summed E-state index contributed by atoms with van der Waals surface area (Å²) < 4.78 is 23.0. The van der Waals surface area contributed by atoms with E-state index in [2.05, 4.69) is 10.1 Å². The van der Waals surface area contributed by atoms with Gasteiger partial charge in [0.25, 0.3) is 0 Å². The summed E-state index contributed by atoms with van der Waals surface area (Å²) in [6.45, 7) is 0.280. The zero-order valence-corrected chi connectivity index (χ0v) is 12.7. The maximum absolute atomic E-state index is 12.4. The summed E-state index contributed by atoms with van der Waals surface area (Å²) in [6.07, 6.45) is 2.73. The molecule has 1 aromatic heterocycles. The van der Waals surface area contributed by atoms with Crippen LogP contribution in [0.15, 0.2) is 40.7 Å². The maximum Gasteiger partial charge on any atom is 0.230 e. The minimum atomic E-state index is 0. The first kappa shape index (κ1) is 16.5. The number of nitrogens with two attached hydrogens (primary N) is 1. The van der Waals surface area contributed by atoms with E-state index in [-0.39, 0.29) is 25.6 Å². The molecule has 0 bridgehead atoms. The molecule has 0 aliphatic heterocycles. The van der Waals surface area contributed by atoms with Crippen molar-refractivity contribution in [2.45, 2.75) is 18.8 Å². The Kier molecular flexibility index (Phi) is 5.51. The number of ether oxygens (including phenoxy) is 1. The van der Waals surface area contributed by atoms with E-state index in [0.29, 0.717) is 35.3 Å². The number of halogens is 2. The molecule has 2 N–H and O–H groups in total. The van der Waals surface area contributed by atoms with E-state index >= 15 is 0 Å². The van der Waals surface area contributed by atoms with E-state index in [1.165, 1.54) is 0 Å². The van der Waals surface area contributed by atoms with Crippen molar-refractivity contribution >= 4 is 12.4 Å². The molecule has 1 saturated carbocycles. The molecule has 1 heterocycles. The molecule has 22 heavy (non-hydrogen) atoms. The zero-order chi connectivity index (χ0) is 14.7. The molecular formula is C15H17ClFN3O2. The molecule has 3 rings (SSSR count). The van der Waals surface area contributed by atoms with E-state index in [1.54, 1.807) is 12.1 Å². The van der Waals surface area contributed by atoms with Crippen LogP contribution in [0.4, 0.5) is 4.39 Å². The molecule has 0 saturated heterocycles. The third-order valence-corrected chi connectivity index (χ3v) is 3.32. The Morgan fingerprint density at radius 2 is 2.09 bits per heavy atom. The second-order valence-electron chi connectivity index (χ2n) is 5.02. The van der Waals surface area contributed by atoms with Crippen molar-refractivity contribution in [3.8, 4) is 17.1 Å². The highest BCUT2D eigenvalue weighted by molar-refractivity contribution is 5.85. The normalized spacial score (nSPS) is 14.5. The molecule has 0 unspecified atom stereocenters. The second kappa shape index (κ2) is 7.38. The quantitative estimate of drug-likeness (QED) is 0.882. The first-order valence-corrected chi connectivity index (χ1v) is 6.85. The minimum Gasteiger partial charge on any atom is -0.489 e. The lowest BCUT2D eigenvalue weighted by Gasteiger charge is -2.07. The molecule has 0 spiro atoms. The van der Waals surface area contributed by atoms with Gasteiger partial charge in [0.2, 0.25) is 11.7 Å². The highest BCUT2D eigenvalue weighted by Gasteiger charge is 2.29. The predicted octanol–water partition coefficient (Wildman–Crippen LogP) is 3.23. The Hall–Kier alpha value is -1.92. The van der Waals surface area contributed by atoms with Crippen LogP contribution < -0.4 is 10.5 Å². The van der Waals surface area contributed by atoms with Gasteiger partial charge in [0, 0.05) is 23.6 Å². The molecule has 1 fully saturated rings. The third kappa shape index (κ3) is 3.84. The van der Waals surface area contributed by atoms with Gasteiger partial charge in [-0.15, -0.1) is 12.4 Å². The Balaban J connectivity index is 0.00000176. The third-order valence-electron chi connectivity index (χ3n) is 3.32. The van der Waals surface area contributed by atoms with Gasteiger partial charge in [0.05, 0.1) is 6.33 Å². The smallest absolute Gasteiger partial charge is 0.230 e. The Morgan fingerprint density at radius 3 is 2.68 bits per heavy atom. The van der Waals surface area contributed by atoms with Crippen molar-refractivity contribution in [3.63, 3.8) is 0 Å². The van der Waals surface area contributed by atoms with Crippen LogP contribution >= 0.6 is 12.4 Å². The highest BCUT2D eigenvalue weighted by Crippen LogP contribution is 2.39. The van der Waals surface area contributed by atoms with Crippen LogP contribution in [-0.2, 0) is 0 Å². The van der Waals surface area contributed by atoms with Crippen LogP contribution in [0.5, 0.6) is 5.75 Å². The lowest BCUT2D eigenvalue weighted by molar-refractivity contribution is 0.347. The minimum absolute atomic E-state index is 0. The van der Waals surface area contributed by atoms with Crippen molar-refractivity contribution in [2.75, 3.05) is 13.2 Å². The van der Waals surface area contributed by atoms with E-state index in [9.17, 15) is 4.39 Å². The van der Waals surface area contributed by atoms with Crippen LogP contribution in [0.1, 0.15) is 24.7 Å². The van der Waals surface area contributed by atoms with Gasteiger partial charge < -0.3 is 15.0 Å². The van der Waals surface area contributed by atoms with Gasteiger partial charge in [-0.3, -0.25) is 0 Å². The molecule has 0 radical (unpaired) electrons. The van der Waals surface area contributed by atoms with Crippen molar-refractivity contribution in [3.05, 3.63) is 42.1 Å².